The minimum atomic E-state index is -0.578. The number of nitrogens with zero attached hydrogens (tertiary/aromatic N) is 1. The first-order valence-electron chi connectivity index (χ1n) is 8.56. The van der Waals surface area contributed by atoms with E-state index >= 15 is 0 Å². The van der Waals surface area contributed by atoms with Gasteiger partial charge in [-0.1, -0.05) is 35.9 Å². The van der Waals surface area contributed by atoms with Crippen LogP contribution in [0, 0.1) is 0 Å². The van der Waals surface area contributed by atoms with Crippen LogP contribution in [0.1, 0.15) is 29.0 Å². The molecular formula is C20H20ClNO4S. The van der Waals surface area contributed by atoms with Crippen LogP contribution in [-0.2, 0) is 27.3 Å². The van der Waals surface area contributed by atoms with Gasteiger partial charge in [-0.15, -0.1) is 11.3 Å². The van der Waals surface area contributed by atoms with Gasteiger partial charge < -0.3 is 9.47 Å². The predicted molar refractivity (Wildman–Crippen MR) is 105 cm³/mol. The summed E-state index contributed by atoms with van der Waals surface area (Å²) < 4.78 is 10.4. The van der Waals surface area contributed by atoms with Gasteiger partial charge in [0.15, 0.2) is 5.06 Å². The number of carbonyl (C=O) groups excluding carboxylic acids is 2. The molecule has 1 aromatic carbocycles. The maximum Gasteiger partial charge on any atom is 0.336 e. The van der Waals surface area contributed by atoms with E-state index in [9.17, 15) is 9.59 Å². The number of benzene rings is 1. The molecule has 1 aliphatic heterocycles. The van der Waals surface area contributed by atoms with Crippen LogP contribution in [-0.4, -0.2) is 30.5 Å². The van der Waals surface area contributed by atoms with Crippen LogP contribution in [0.25, 0.3) is 0 Å². The summed E-state index contributed by atoms with van der Waals surface area (Å²) in [7, 11) is 1.38. The van der Waals surface area contributed by atoms with Crippen LogP contribution in [0.3, 0.4) is 0 Å². The summed E-state index contributed by atoms with van der Waals surface area (Å²) in [4.78, 5) is 27.4. The van der Waals surface area contributed by atoms with Gasteiger partial charge in [0.25, 0.3) is 0 Å². The zero-order valence-electron chi connectivity index (χ0n) is 15.1. The molecule has 1 atom stereocenters. The summed E-state index contributed by atoms with van der Waals surface area (Å²) in [6.45, 7) is 3.00. The molecule has 5 nitrogen and oxygen atoms in total. The molecule has 0 aliphatic carbocycles. The van der Waals surface area contributed by atoms with Crippen molar-refractivity contribution >= 4 is 34.9 Å². The Morgan fingerprint density at radius 2 is 2.11 bits per heavy atom. The van der Waals surface area contributed by atoms with Crippen molar-refractivity contribution < 1.29 is 19.1 Å². The third kappa shape index (κ3) is 4.40. The van der Waals surface area contributed by atoms with Crippen molar-refractivity contribution in [1.29, 1.82) is 0 Å². The van der Waals surface area contributed by atoms with E-state index in [2.05, 4.69) is 0 Å². The van der Waals surface area contributed by atoms with Gasteiger partial charge in [-0.3, -0.25) is 4.90 Å². The zero-order chi connectivity index (χ0) is 19.4. The quantitative estimate of drug-likeness (QED) is 0.552. The van der Waals surface area contributed by atoms with Crippen LogP contribution in [0.5, 0.6) is 5.06 Å². The third-order valence-corrected chi connectivity index (χ3v) is 5.83. The Balaban J connectivity index is 1.84. The van der Waals surface area contributed by atoms with Crippen molar-refractivity contribution in [3.63, 3.8) is 0 Å². The summed E-state index contributed by atoms with van der Waals surface area (Å²) in [5.74, 6) is -0.738. The maximum absolute atomic E-state index is 12.5. The zero-order valence-corrected chi connectivity index (χ0v) is 16.7. The molecule has 0 amide bonds. The minimum absolute atomic E-state index is 0.346. The highest BCUT2D eigenvalue weighted by molar-refractivity contribution is 7.14. The standard InChI is InChI=1S/C20H20ClNO4S/c1-3-6-17(23)26-18-11-13-12-22(10-9-16(13)27-18)19(20(24)25-2)14-7-4-5-8-15(14)21/h3-8,11,19H,9-10,12H2,1-2H3/b6-3+. The summed E-state index contributed by atoms with van der Waals surface area (Å²) in [6, 6.07) is 8.59. The normalized spacial score (nSPS) is 15.4. The average molecular weight is 406 g/mol. The Bertz CT molecular complexity index is 877. The van der Waals surface area contributed by atoms with Gasteiger partial charge in [-0.25, -0.2) is 9.59 Å². The molecule has 3 rings (SSSR count). The number of rotatable bonds is 5. The molecule has 0 fully saturated rings. The Labute approximate surface area is 167 Å². The van der Waals surface area contributed by atoms with Gasteiger partial charge in [-0.05, 0) is 36.6 Å². The number of esters is 2. The van der Waals surface area contributed by atoms with Crippen LogP contribution in [0.15, 0.2) is 42.5 Å². The van der Waals surface area contributed by atoms with Crippen molar-refractivity contribution in [1.82, 2.24) is 4.90 Å². The van der Waals surface area contributed by atoms with Crippen molar-refractivity contribution in [2.24, 2.45) is 0 Å². The van der Waals surface area contributed by atoms with Gasteiger partial charge in [0.2, 0.25) is 0 Å². The van der Waals surface area contributed by atoms with Crippen molar-refractivity contribution in [2.75, 3.05) is 13.7 Å². The molecular weight excluding hydrogens is 386 g/mol. The van der Waals surface area contributed by atoms with Crippen LogP contribution >= 0.6 is 22.9 Å². The average Bonchev–Trinajstić information content (AvgIpc) is 3.04. The Hall–Kier alpha value is -2.15. The molecule has 1 unspecified atom stereocenters. The second-order valence-corrected chi connectivity index (χ2v) is 7.61. The maximum atomic E-state index is 12.5. The molecule has 2 heterocycles. The lowest BCUT2D eigenvalue weighted by molar-refractivity contribution is -0.147. The van der Waals surface area contributed by atoms with Gasteiger partial charge in [-0.2, -0.15) is 0 Å². The first-order valence-corrected chi connectivity index (χ1v) is 9.75. The van der Waals surface area contributed by atoms with Gasteiger partial charge in [0.05, 0.1) is 7.11 Å². The fourth-order valence-electron chi connectivity index (χ4n) is 3.15. The van der Waals surface area contributed by atoms with Gasteiger partial charge >= 0.3 is 11.9 Å². The first kappa shape index (κ1) is 19.6. The molecule has 0 N–H and O–H groups in total. The molecule has 142 valence electrons. The molecule has 27 heavy (non-hydrogen) atoms. The van der Waals surface area contributed by atoms with E-state index in [1.165, 1.54) is 24.5 Å². The smallest absolute Gasteiger partial charge is 0.336 e. The molecule has 0 radical (unpaired) electrons. The highest BCUT2D eigenvalue weighted by Crippen LogP contribution is 2.37. The minimum Gasteiger partial charge on any atom is -0.468 e. The lowest BCUT2D eigenvalue weighted by Gasteiger charge is -2.33. The molecule has 0 saturated heterocycles. The van der Waals surface area contributed by atoms with Crippen LogP contribution in [0.2, 0.25) is 5.02 Å². The number of ether oxygens (including phenoxy) is 2. The van der Waals surface area contributed by atoms with Crippen molar-refractivity contribution in [3.05, 3.63) is 63.5 Å². The highest BCUT2D eigenvalue weighted by Gasteiger charge is 2.33. The summed E-state index contributed by atoms with van der Waals surface area (Å²) >= 11 is 7.80. The molecule has 0 saturated carbocycles. The Kier molecular flexibility index (Phi) is 6.31. The van der Waals surface area contributed by atoms with Crippen LogP contribution < -0.4 is 4.74 Å². The van der Waals surface area contributed by atoms with Gasteiger partial charge in [0, 0.05) is 29.1 Å². The van der Waals surface area contributed by atoms with E-state index < -0.39 is 12.0 Å². The number of halogens is 1. The fraction of sp³-hybridized carbons (Fsp3) is 0.300. The molecule has 0 bridgehead atoms. The van der Waals surface area contributed by atoms with Crippen LogP contribution in [0.4, 0.5) is 0 Å². The SMILES string of the molecule is C/C=C/C(=O)Oc1cc2c(s1)CCN(C(C(=O)OC)c1ccccc1Cl)C2. The summed E-state index contributed by atoms with van der Waals surface area (Å²) in [5.41, 5.74) is 1.78. The predicted octanol–water partition coefficient (Wildman–Crippen LogP) is 4.16. The van der Waals surface area contributed by atoms with E-state index in [4.69, 9.17) is 21.1 Å². The summed E-state index contributed by atoms with van der Waals surface area (Å²) in [6.07, 6.45) is 3.79. The molecule has 0 spiro atoms. The first-order chi connectivity index (χ1) is 13.0. The molecule has 1 aliphatic rings. The largest absolute Gasteiger partial charge is 0.468 e. The monoisotopic (exact) mass is 405 g/mol. The number of hydrogen-bond acceptors (Lipinski definition) is 6. The van der Waals surface area contributed by atoms with Crippen molar-refractivity contribution in [3.8, 4) is 5.06 Å². The number of allylic oxidation sites excluding steroid dienone is 1. The molecule has 2 aromatic rings. The second kappa shape index (κ2) is 8.69. The van der Waals surface area contributed by atoms with E-state index in [1.807, 2.05) is 29.2 Å². The van der Waals surface area contributed by atoms with E-state index in [-0.39, 0.29) is 5.97 Å². The van der Waals surface area contributed by atoms with E-state index in [0.29, 0.717) is 23.2 Å². The number of carbonyl (C=O) groups is 2. The molecule has 1 aromatic heterocycles. The van der Waals surface area contributed by atoms with E-state index in [1.54, 1.807) is 19.1 Å². The Morgan fingerprint density at radius 1 is 1.33 bits per heavy atom. The lowest BCUT2D eigenvalue weighted by atomic mass is 10.0. The highest BCUT2D eigenvalue weighted by atomic mass is 35.5. The second-order valence-electron chi connectivity index (χ2n) is 6.10. The van der Waals surface area contributed by atoms with Gasteiger partial charge in [0.1, 0.15) is 6.04 Å². The third-order valence-electron chi connectivity index (χ3n) is 4.37. The topological polar surface area (TPSA) is 55.8 Å². The number of hydrogen-bond donors (Lipinski definition) is 0. The number of fused-ring (bicyclic) bond motifs is 1. The lowest BCUT2D eigenvalue weighted by Crippen LogP contribution is -2.38. The Morgan fingerprint density at radius 3 is 2.81 bits per heavy atom. The molecule has 7 heteroatoms. The van der Waals surface area contributed by atoms with Crippen molar-refractivity contribution in [2.45, 2.75) is 25.9 Å². The van der Waals surface area contributed by atoms with E-state index in [0.717, 1.165) is 22.4 Å². The number of thiophene rings is 1. The summed E-state index contributed by atoms with van der Waals surface area (Å²) in [5, 5.41) is 1.10. The fourth-order valence-corrected chi connectivity index (χ4v) is 4.40. The number of methoxy groups -OCH3 is 1.